The fraction of sp³-hybridized carbons (Fsp3) is 0.357. The van der Waals surface area contributed by atoms with Crippen LogP contribution >= 0.6 is 0 Å². The van der Waals surface area contributed by atoms with Gasteiger partial charge in [0.05, 0.1) is 12.5 Å². The fourth-order valence-electron chi connectivity index (χ4n) is 2.97. The van der Waals surface area contributed by atoms with E-state index in [9.17, 15) is 9.59 Å². The third-order valence-corrected chi connectivity index (χ3v) is 3.88. The predicted octanol–water partition coefficient (Wildman–Crippen LogP) is 0.656. The van der Waals surface area contributed by atoms with Crippen LogP contribution in [0, 0.1) is 23.7 Å². The lowest BCUT2D eigenvalue weighted by molar-refractivity contribution is -0.138. The molecule has 0 aromatic heterocycles. The second-order valence-electron chi connectivity index (χ2n) is 4.88. The van der Waals surface area contributed by atoms with Gasteiger partial charge in [0.1, 0.15) is 0 Å². The summed E-state index contributed by atoms with van der Waals surface area (Å²) < 4.78 is 0. The number of aliphatic imine (C=N–C) groups is 1. The topological polar surface area (TPSA) is 72.5 Å². The van der Waals surface area contributed by atoms with Gasteiger partial charge in [-0.05, 0) is 0 Å². The van der Waals surface area contributed by atoms with Crippen molar-refractivity contribution < 1.29 is 9.59 Å². The van der Waals surface area contributed by atoms with Gasteiger partial charge in [-0.25, -0.2) is 0 Å². The average molecular weight is 242 g/mol. The number of ketones is 1. The SMILES string of the molecule is NC(=O)C(=O)C1CN=C2C3C=CC=CC3C=CC21. The van der Waals surface area contributed by atoms with E-state index in [1.807, 2.05) is 18.2 Å². The van der Waals surface area contributed by atoms with Crippen LogP contribution in [0.4, 0.5) is 0 Å². The quantitative estimate of drug-likeness (QED) is 0.570. The van der Waals surface area contributed by atoms with Gasteiger partial charge in [0.15, 0.2) is 0 Å². The molecule has 1 heterocycles. The number of hydrogen-bond acceptors (Lipinski definition) is 3. The maximum atomic E-state index is 11.7. The minimum absolute atomic E-state index is 0.0533. The highest BCUT2D eigenvalue weighted by Crippen LogP contribution is 2.37. The first kappa shape index (κ1) is 11.1. The molecular weight excluding hydrogens is 228 g/mol. The van der Waals surface area contributed by atoms with Crippen LogP contribution in [-0.2, 0) is 9.59 Å². The molecule has 0 saturated heterocycles. The van der Waals surface area contributed by atoms with E-state index < -0.39 is 17.6 Å². The summed E-state index contributed by atoms with van der Waals surface area (Å²) in [5, 5.41) is 0. The molecule has 0 aromatic rings. The Hall–Kier alpha value is -1.97. The lowest BCUT2D eigenvalue weighted by Gasteiger charge is -2.30. The minimum Gasteiger partial charge on any atom is -0.363 e. The van der Waals surface area contributed by atoms with E-state index in [0.717, 1.165) is 5.71 Å². The number of primary amides is 1. The lowest BCUT2D eigenvalue weighted by Crippen LogP contribution is -2.38. The van der Waals surface area contributed by atoms with Gasteiger partial charge in [-0.3, -0.25) is 14.6 Å². The first-order valence-electron chi connectivity index (χ1n) is 6.09. The first-order chi connectivity index (χ1) is 8.68. The Morgan fingerprint density at radius 2 is 1.89 bits per heavy atom. The summed E-state index contributed by atoms with van der Waals surface area (Å²) in [4.78, 5) is 27.2. The maximum absolute atomic E-state index is 11.7. The number of rotatable bonds is 2. The van der Waals surface area contributed by atoms with E-state index in [1.165, 1.54) is 0 Å². The molecule has 1 amide bonds. The highest BCUT2D eigenvalue weighted by molar-refractivity contribution is 6.37. The number of hydrogen-bond donors (Lipinski definition) is 1. The third-order valence-electron chi connectivity index (χ3n) is 3.88. The molecule has 3 rings (SSSR count). The maximum Gasteiger partial charge on any atom is 0.285 e. The Bertz CT molecular complexity index is 528. The highest BCUT2D eigenvalue weighted by Gasteiger charge is 2.42. The van der Waals surface area contributed by atoms with Gasteiger partial charge in [0.25, 0.3) is 5.91 Å². The van der Waals surface area contributed by atoms with Crippen molar-refractivity contribution in [3.63, 3.8) is 0 Å². The Kier molecular flexibility index (Phi) is 2.51. The molecule has 0 fully saturated rings. The second kappa shape index (κ2) is 4.05. The van der Waals surface area contributed by atoms with Crippen LogP contribution < -0.4 is 5.73 Å². The standard InChI is InChI=1S/C14H14N2O2/c15-14(18)13(17)11-7-16-12-9-4-2-1-3-8(9)5-6-10(11)12/h1-6,8-11H,7H2,(H2,15,18). The molecule has 4 unspecified atom stereocenters. The van der Waals surface area contributed by atoms with Gasteiger partial charge >= 0.3 is 0 Å². The summed E-state index contributed by atoms with van der Waals surface area (Å²) in [6.45, 7) is 0.382. The van der Waals surface area contributed by atoms with Crippen LogP contribution in [0.1, 0.15) is 0 Å². The largest absolute Gasteiger partial charge is 0.363 e. The minimum atomic E-state index is -0.856. The van der Waals surface area contributed by atoms with Gasteiger partial charge < -0.3 is 5.73 Å². The van der Waals surface area contributed by atoms with Crippen LogP contribution in [0.15, 0.2) is 41.4 Å². The van der Waals surface area contributed by atoms with Crippen LogP contribution in [0.2, 0.25) is 0 Å². The van der Waals surface area contributed by atoms with Crippen LogP contribution in [0.5, 0.6) is 0 Å². The van der Waals surface area contributed by atoms with Crippen molar-refractivity contribution in [2.45, 2.75) is 0 Å². The Labute approximate surface area is 105 Å². The summed E-state index contributed by atoms with van der Waals surface area (Å²) in [7, 11) is 0. The van der Waals surface area contributed by atoms with Crippen LogP contribution in [-0.4, -0.2) is 23.9 Å². The molecule has 0 aromatic carbocycles. The molecule has 92 valence electrons. The van der Waals surface area contributed by atoms with E-state index in [2.05, 4.69) is 23.2 Å². The predicted molar refractivity (Wildman–Crippen MR) is 67.9 cm³/mol. The van der Waals surface area contributed by atoms with E-state index >= 15 is 0 Å². The van der Waals surface area contributed by atoms with Gasteiger partial charge in [-0.15, -0.1) is 0 Å². The molecule has 4 heteroatoms. The molecule has 0 bridgehead atoms. The molecule has 0 spiro atoms. The lowest BCUT2D eigenvalue weighted by atomic mass is 9.72. The summed E-state index contributed by atoms with van der Waals surface area (Å²) >= 11 is 0. The van der Waals surface area contributed by atoms with E-state index in [1.54, 1.807) is 0 Å². The van der Waals surface area contributed by atoms with Crippen molar-refractivity contribution in [2.75, 3.05) is 6.54 Å². The van der Waals surface area contributed by atoms with Crippen LogP contribution in [0.25, 0.3) is 0 Å². The Balaban J connectivity index is 1.91. The monoisotopic (exact) mass is 242 g/mol. The second-order valence-corrected chi connectivity index (χ2v) is 4.88. The van der Waals surface area contributed by atoms with Crippen molar-refractivity contribution in [3.05, 3.63) is 36.5 Å². The summed E-state index contributed by atoms with van der Waals surface area (Å²) in [6.07, 6.45) is 12.4. The fourth-order valence-corrected chi connectivity index (χ4v) is 2.97. The normalized spacial score (nSPS) is 35.9. The van der Waals surface area contributed by atoms with E-state index in [0.29, 0.717) is 12.5 Å². The van der Waals surface area contributed by atoms with Gasteiger partial charge in [-0.2, -0.15) is 0 Å². The molecule has 3 aliphatic rings. The van der Waals surface area contributed by atoms with Crippen molar-refractivity contribution in [1.29, 1.82) is 0 Å². The van der Waals surface area contributed by atoms with Gasteiger partial charge in [0.2, 0.25) is 5.78 Å². The molecule has 0 radical (unpaired) electrons. The first-order valence-corrected chi connectivity index (χ1v) is 6.09. The molecule has 0 saturated carbocycles. The number of amides is 1. The molecule has 18 heavy (non-hydrogen) atoms. The zero-order chi connectivity index (χ0) is 12.7. The van der Waals surface area contributed by atoms with Crippen molar-refractivity contribution in [2.24, 2.45) is 34.4 Å². The summed E-state index contributed by atoms with van der Waals surface area (Å²) in [5.41, 5.74) is 6.10. The smallest absolute Gasteiger partial charge is 0.285 e. The molecule has 4 nitrogen and oxygen atoms in total. The number of nitrogens with zero attached hydrogens (tertiary/aromatic N) is 1. The van der Waals surface area contributed by atoms with Crippen molar-refractivity contribution in [3.8, 4) is 0 Å². The number of allylic oxidation sites excluding steroid dienone is 6. The van der Waals surface area contributed by atoms with Crippen molar-refractivity contribution >= 4 is 17.4 Å². The van der Waals surface area contributed by atoms with Gasteiger partial charge in [0, 0.05) is 23.5 Å². The zero-order valence-corrected chi connectivity index (χ0v) is 9.82. The molecule has 1 aliphatic heterocycles. The number of nitrogens with two attached hydrogens (primary N) is 1. The molecule has 2 aliphatic carbocycles. The highest BCUT2D eigenvalue weighted by atomic mass is 16.2. The summed E-state index contributed by atoms with van der Waals surface area (Å²) in [6, 6.07) is 0. The molecule has 4 atom stereocenters. The zero-order valence-electron chi connectivity index (χ0n) is 9.82. The third kappa shape index (κ3) is 1.56. The average Bonchev–Trinajstić information content (AvgIpc) is 2.81. The Morgan fingerprint density at radius 1 is 1.11 bits per heavy atom. The van der Waals surface area contributed by atoms with Crippen LogP contribution in [0.3, 0.4) is 0 Å². The number of carbonyl (C=O) groups is 2. The summed E-state index contributed by atoms with van der Waals surface area (Å²) in [5.74, 6) is -1.25. The molecule has 2 N–H and O–H groups in total. The molecular formula is C14H14N2O2. The van der Waals surface area contributed by atoms with E-state index in [4.69, 9.17) is 5.73 Å². The van der Waals surface area contributed by atoms with Crippen molar-refractivity contribution in [1.82, 2.24) is 0 Å². The number of Topliss-reactive ketones (excluding diaryl/α,β-unsaturated/α-hetero) is 1. The number of fused-ring (bicyclic) bond motifs is 3. The van der Waals surface area contributed by atoms with E-state index in [-0.39, 0.29) is 11.8 Å². The Morgan fingerprint density at radius 3 is 2.67 bits per heavy atom. The van der Waals surface area contributed by atoms with Gasteiger partial charge in [-0.1, -0.05) is 36.5 Å². The number of carbonyl (C=O) groups excluding carboxylic acids is 2.